The number of hydrogen-bond donors (Lipinski definition) is 0. The maximum Gasteiger partial charge on any atom is 0.456 e. The predicted molar refractivity (Wildman–Crippen MR) is 39.0 cm³/mol. The zero-order chi connectivity index (χ0) is 11.6. The first-order valence-corrected chi connectivity index (χ1v) is 4.38. The minimum absolute atomic E-state index is 0.0623. The molecule has 0 aliphatic heterocycles. The average molecular weight is 240 g/mol. The van der Waals surface area contributed by atoms with Crippen molar-refractivity contribution >= 4 is 16.9 Å². The number of hydrogen-bond acceptors (Lipinski definition) is 2. The smallest absolute Gasteiger partial charge is 0.284 e. The van der Waals surface area contributed by atoms with Gasteiger partial charge in [-0.3, -0.25) is 4.79 Å². The summed E-state index contributed by atoms with van der Waals surface area (Å²) in [5.41, 5.74) is 0. The second kappa shape index (κ2) is 4.41. The molecule has 8 heteroatoms. The summed E-state index contributed by atoms with van der Waals surface area (Å²) in [6.07, 6.45) is -9.89. The Morgan fingerprint density at radius 1 is 1.29 bits per heavy atom. The van der Waals surface area contributed by atoms with Gasteiger partial charge in [-0.1, -0.05) is 18.7 Å². The molecule has 0 heterocycles. The second-order valence-corrected chi connectivity index (χ2v) is 3.50. The lowest BCUT2D eigenvalue weighted by Gasteiger charge is -2.21. The molecule has 14 heavy (non-hydrogen) atoms. The summed E-state index contributed by atoms with van der Waals surface area (Å²) in [6.45, 7) is 1.33. The lowest BCUT2D eigenvalue weighted by Crippen LogP contribution is -2.47. The largest absolute Gasteiger partial charge is 0.456 e. The maximum atomic E-state index is 12.4. The Morgan fingerprint density at radius 3 is 2.00 bits per heavy atom. The van der Waals surface area contributed by atoms with E-state index in [1.54, 1.807) is 0 Å². The van der Waals surface area contributed by atoms with Crippen LogP contribution < -0.4 is 0 Å². The van der Waals surface area contributed by atoms with Crippen molar-refractivity contribution in [2.75, 3.05) is 5.75 Å². The fourth-order valence-electron chi connectivity index (χ4n) is 0.507. The average Bonchev–Trinajstić information content (AvgIpc) is 2.01. The van der Waals surface area contributed by atoms with Crippen LogP contribution in [0.4, 0.5) is 26.3 Å². The number of rotatable bonds is 3. The maximum absolute atomic E-state index is 12.4. The van der Waals surface area contributed by atoms with E-state index in [4.69, 9.17) is 0 Å². The van der Waals surface area contributed by atoms with E-state index in [1.165, 1.54) is 6.92 Å². The Bertz CT molecular complexity index is 213. The molecule has 0 fully saturated rings. The summed E-state index contributed by atoms with van der Waals surface area (Å²) in [4.78, 5) is 10.4. The molecule has 0 rings (SSSR count). The highest BCUT2D eigenvalue weighted by Crippen LogP contribution is 2.40. The summed E-state index contributed by atoms with van der Waals surface area (Å²) in [7, 11) is 0. The molecule has 0 aromatic rings. The van der Waals surface area contributed by atoms with Gasteiger partial charge < -0.3 is 0 Å². The second-order valence-electron chi connectivity index (χ2n) is 2.24. The van der Waals surface area contributed by atoms with Crippen molar-refractivity contribution in [1.29, 1.82) is 0 Å². The molecular formula is C6H6F6OS. The molecule has 0 spiro atoms. The minimum Gasteiger partial charge on any atom is -0.284 e. The zero-order valence-corrected chi connectivity index (χ0v) is 7.69. The first-order valence-electron chi connectivity index (χ1n) is 3.39. The third-order valence-corrected chi connectivity index (χ3v) is 1.97. The minimum atomic E-state index is -6.05. The van der Waals surface area contributed by atoms with Crippen molar-refractivity contribution in [2.24, 2.45) is 0 Å². The van der Waals surface area contributed by atoms with Crippen molar-refractivity contribution in [3.63, 3.8) is 0 Å². The van der Waals surface area contributed by atoms with Crippen LogP contribution in [0.5, 0.6) is 0 Å². The highest BCUT2D eigenvalue weighted by atomic mass is 32.2. The summed E-state index contributed by atoms with van der Waals surface area (Å²) in [5, 5.41) is -1.81. The van der Waals surface area contributed by atoms with Gasteiger partial charge in [-0.2, -0.15) is 22.0 Å². The van der Waals surface area contributed by atoms with Crippen molar-refractivity contribution < 1.29 is 31.1 Å². The van der Waals surface area contributed by atoms with Gasteiger partial charge in [0.1, 0.15) is 0 Å². The number of thioether (sulfide) groups is 1. The Hall–Kier alpha value is -0.400. The van der Waals surface area contributed by atoms with Crippen molar-refractivity contribution in [3.05, 3.63) is 0 Å². The van der Waals surface area contributed by atoms with Crippen LogP contribution in [0.3, 0.4) is 0 Å². The molecule has 0 amide bonds. The van der Waals surface area contributed by atoms with Crippen LogP contribution in [0, 0.1) is 0 Å². The number of carbonyl (C=O) groups is 1. The molecule has 0 aliphatic rings. The van der Waals surface area contributed by atoms with Crippen LogP contribution in [0.1, 0.15) is 6.92 Å². The quantitative estimate of drug-likeness (QED) is 0.705. The van der Waals surface area contributed by atoms with E-state index in [1.807, 2.05) is 0 Å². The van der Waals surface area contributed by atoms with Crippen LogP contribution in [0.25, 0.3) is 0 Å². The third-order valence-electron chi connectivity index (χ3n) is 1.19. The molecule has 84 valence electrons. The Balaban J connectivity index is 4.66. The van der Waals surface area contributed by atoms with Crippen LogP contribution in [0.15, 0.2) is 0 Å². The van der Waals surface area contributed by atoms with E-state index in [-0.39, 0.29) is 17.5 Å². The van der Waals surface area contributed by atoms with Crippen molar-refractivity contribution in [3.8, 4) is 0 Å². The highest BCUT2D eigenvalue weighted by molar-refractivity contribution is 8.13. The van der Waals surface area contributed by atoms with Gasteiger partial charge in [0.2, 0.25) is 11.3 Å². The molecule has 1 atom stereocenters. The third kappa shape index (κ3) is 2.79. The molecule has 1 nitrogen and oxygen atoms in total. The number of alkyl halides is 6. The molecule has 0 N–H and O–H groups in total. The molecule has 0 aliphatic carbocycles. The fourth-order valence-corrected chi connectivity index (χ4v) is 1.09. The number of halogens is 6. The first kappa shape index (κ1) is 13.6. The summed E-state index contributed by atoms with van der Waals surface area (Å²) in [6, 6.07) is 0. The normalized spacial score (nSPS) is 15.4. The fraction of sp³-hybridized carbons (Fsp3) is 0.833. The molecular weight excluding hydrogens is 234 g/mol. The van der Waals surface area contributed by atoms with Crippen LogP contribution in [0.2, 0.25) is 0 Å². The summed E-state index contributed by atoms with van der Waals surface area (Å²) in [5.74, 6) is -5.68. The van der Waals surface area contributed by atoms with Crippen molar-refractivity contribution in [1.82, 2.24) is 0 Å². The van der Waals surface area contributed by atoms with Gasteiger partial charge in [-0.15, -0.1) is 0 Å². The Morgan fingerprint density at radius 2 is 1.71 bits per heavy atom. The van der Waals surface area contributed by atoms with Gasteiger partial charge in [-0.05, 0) is 5.75 Å². The van der Waals surface area contributed by atoms with E-state index in [9.17, 15) is 31.1 Å². The van der Waals surface area contributed by atoms with E-state index in [2.05, 4.69) is 0 Å². The van der Waals surface area contributed by atoms with E-state index in [0.717, 1.165) is 0 Å². The SMILES string of the molecule is CCSC(=O)C(F)C(F)(F)C(F)(F)F. The van der Waals surface area contributed by atoms with Crippen LogP contribution in [-0.4, -0.2) is 29.1 Å². The molecule has 1 unspecified atom stereocenters. The van der Waals surface area contributed by atoms with Gasteiger partial charge in [0.05, 0.1) is 0 Å². The molecule has 0 saturated heterocycles. The highest BCUT2D eigenvalue weighted by Gasteiger charge is 2.65. The number of carbonyl (C=O) groups excluding carboxylic acids is 1. The van der Waals surface area contributed by atoms with Gasteiger partial charge >= 0.3 is 12.1 Å². The van der Waals surface area contributed by atoms with Crippen LogP contribution >= 0.6 is 11.8 Å². The topological polar surface area (TPSA) is 17.1 Å². The lowest BCUT2D eigenvalue weighted by molar-refractivity contribution is -0.297. The van der Waals surface area contributed by atoms with Gasteiger partial charge in [-0.25, -0.2) is 4.39 Å². The first-order chi connectivity index (χ1) is 6.14. The monoisotopic (exact) mass is 240 g/mol. The van der Waals surface area contributed by atoms with Gasteiger partial charge in [0.25, 0.3) is 0 Å². The van der Waals surface area contributed by atoms with Crippen LogP contribution in [-0.2, 0) is 4.79 Å². The van der Waals surface area contributed by atoms with Gasteiger partial charge in [0.15, 0.2) is 0 Å². The van der Waals surface area contributed by atoms with Gasteiger partial charge in [0, 0.05) is 0 Å². The molecule has 0 bridgehead atoms. The Kier molecular flexibility index (Phi) is 4.29. The molecule has 0 radical (unpaired) electrons. The standard InChI is InChI=1S/C6H6F6OS/c1-2-14-4(13)3(7)5(8,9)6(10,11)12/h3H,2H2,1H3. The van der Waals surface area contributed by atoms with E-state index < -0.39 is 23.4 Å². The molecule has 0 aromatic heterocycles. The predicted octanol–water partition coefficient (Wildman–Crippen LogP) is 2.80. The summed E-state index contributed by atoms with van der Waals surface area (Å²) < 4.78 is 71.3. The lowest BCUT2D eigenvalue weighted by atomic mass is 10.2. The zero-order valence-electron chi connectivity index (χ0n) is 6.87. The van der Waals surface area contributed by atoms with E-state index >= 15 is 0 Å². The molecule has 0 aromatic carbocycles. The van der Waals surface area contributed by atoms with Crippen molar-refractivity contribution in [2.45, 2.75) is 25.2 Å². The summed E-state index contributed by atoms with van der Waals surface area (Å²) >= 11 is 0.0884. The molecule has 0 saturated carbocycles. The van der Waals surface area contributed by atoms with E-state index in [0.29, 0.717) is 0 Å². The Labute approximate surface area is 79.8 Å².